The van der Waals surface area contributed by atoms with E-state index >= 15 is 0 Å². The normalized spacial score (nSPS) is 13.8. The van der Waals surface area contributed by atoms with Gasteiger partial charge in [0.05, 0.1) is 176 Å². The lowest BCUT2D eigenvalue weighted by Crippen LogP contribution is -2.54. The lowest BCUT2D eigenvalue weighted by molar-refractivity contribution is -0.136. The number of nitrogens with zero attached hydrogens (tertiary/aromatic N) is 4. The van der Waals surface area contributed by atoms with Gasteiger partial charge in [-0.05, 0) is 48.2 Å². The van der Waals surface area contributed by atoms with E-state index < -0.39 is 51.4 Å². The van der Waals surface area contributed by atoms with Crippen LogP contribution in [0.25, 0.3) is 17.2 Å². The molecular weight excluding hydrogens is 1220 g/mol. The SMILES string of the molecule is CCCN(CCC)C(=O)C1=Cc2ccc(-c3cccc(S(=O)(=O)N4CC(CN/C(=N/CCOCCOC)NCCOCCOCCOCCOCCOCCOCCOCCOCCOCCOCCC(=O)Oc5c(F)c(F)cc(F)c5F)C4)c3)cc2N=C(N)C1. The zero-order valence-electron chi connectivity index (χ0n) is 52.5. The lowest BCUT2D eigenvalue weighted by Gasteiger charge is -2.38. The fourth-order valence-electron chi connectivity index (χ4n) is 8.76. The second-order valence-corrected chi connectivity index (χ2v) is 22.5. The monoisotopic (exact) mass is 1310 g/mol. The number of rotatable bonds is 50. The van der Waals surface area contributed by atoms with Gasteiger partial charge in [-0.2, -0.15) is 13.1 Å². The molecule has 1 saturated heterocycles. The molecule has 5 rings (SSSR count). The lowest BCUT2D eigenvalue weighted by atomic mass is 10.0. The number of amidine groups is 1. The minimum absolute atomic E-state index is 0.0142. The van der Waals surface area contributed by atoms with Crippen molar-refractivity contribution in [1.29, 1.82) is 0 Å². The van der Waals surface area contributed by atoms with Gasteiger partial charge < -0.3 is 82.8 Å². The molecule has 24 nitrogen and oxygen atoms in total. The fourth-order valence-corrected chi connectivity index (χ4v) is 10.4. The molecule has 2 aliphatic heterocycles. The first kappa shape index (κ1) is 75.9. The molecule has 0 spiro atoms. The number of hydrogen-bond acceptors (Lipinski definition) is 20. The number of carbonyl (C=O) groups is 2. The Bertz CT molecular complexity index is 2790. The number of nitrogens with one attached hydrogen (secondary N) is 2. The van der Waals surface area contributed by atoms with E-state index in [0.717, 1.165) is 24.0 Å². The van der Waals surface area contributed by atoms with Gasteiger partial charge in [-0.1, -0.05) is 38.1 Å². The Labute approximate surface area is 531 Å². The van der Waals surface area contributed by atoms with Crippen molar-refractivity contribution in [3.63, 3.8) is 0 Å². The molecule has 0 saturated carbocycles. The Morgan fingerprint density at radius 1 is 0.637 bits per heavy atom. The number of carbonyl (C=O) groups excluding carboxylic acids is 2. The van der Waals surface area contributed by atoms with Crippen molar-refractivity contribution < 1.29 is 97.1 Å². The molecular formula is C62H91F4N7O17S. The minimum atomic E-state index is -3.78. The Kier molecular flexibility index (Phi) is 37.3. The van der Waals surface area contributed by atoms with E-state index in [9.17, 15) is 35.6 Å². The maximum atomic E-state index is 13.9. The summed E-state index contributed by atoms with van der Waals surface area (Å²) in [5.74, 6) is -8.63. The van der Waals surface area contributed by atoms with Crippen molar-refractivity contribution in [3.05, 3.63) is 82.9 Å². The summed E-state index contributed by atoms with van der Waals surface area (Å²) in [7, 11) is -2.17. The number of ether oxygens (including phenoxy) is 13. The molecule has 0 bridgehead atoms. The predicted molar refractivity (Wildman–Crippen MR) is 331 cm³/mol. The maximum Gasteiger partial charge on any atom is 0.313 e. The van der Waals surface area contributed by atoms with E-state index in [1.165, 1.54) is 4.31 Å². The van der Waals surface area contributed by atoms with E-state index in [0.29, 0.717) is 200 Å². The van der Waals surface area contributed by atoms with Crippen LogP contribution in [0.3, 0.4) is 0 Å². The Hall–Kier alpha value is -5.77. The topological polar surface area (TPSA) is 270 Å². The molecule has 2 aliphatic rings. The highest BCUT2D eigenvalue weighted by molar-refractivity contribution is 7.89. The van der Waals surface area contributed by atoms with E-state index in [1.54, 1.807) is 25.3 Å². The highest BCUT2D eigenvalue weighted by Gasteiger charge is 2.37. The van der Waals surface area contributed by atoms with Crippen molar-refractivity contribution in [2.75, 3.05) is 205 Å². The van der Waals surface area contributed by atoms with Crippen LogP contribution in [-0.2, 0) is 76.5 Å². The summed E-state index contributed by atoms with van der Waals surface area (Å²) >= 11 is 0. The van der Waals surface area contributed by atoms with E-state index in [-0.39, 0.29) is 55.6 Å². The summed E-state index contributed by atoms with van der Waals surface area (Å²) < 4.78 is 153. The third kappa shape index (κ3) is 29.0. The highest BCUT2D eigenvalue weighted by atomic mass is 32.2. The van der Waals surface area contributed by atoms with Gasteiger partial charge in [-0.3, -0.25) is 14.6 Å². The Morgan fingerprint density at radius 2 is 1.13 bits per heavy atom. The molecule has 0 aromatic heterocycles. The molecule has 0 radical (unpaired) electrons. The number of halogens is 4. The first-order chi connectivity index (χ1) is 44.2. The number of hydrogen-bond donors (Lipinski definition) is 3. The summed E-state index contributed by atoms with van der Waals surface area (Å²) in [5.41, 5.74) is 9.82. The summed E-state index contributed by atoms with van der Waals surface area (Å²) in [4.78, 5) is 36.6. The fraction of sp³-hybridized carbons (Fsp3) is 0.613. The molecule has 0 unspecified atom stereocenters. The number of nitrogens with two attached hydrogens (primary N) is 1. The second-order valence-electron chi connectivity index (χ2n) is 20.5. The largest absolute Gasteiger partial charge is 0.420 e. The molecule has 91 heavy (non-hydrogen) atoms. The predicted octanol–water partition coefficient (Wildman–Crippen LogP) is 5.31. The molecule has 510 valence electrons. The molecule has 0 aliphatic carbocycles. The third-order valence-corrected chi connectivity index (χ3v) is 15.2. The zero-order chi connectivity index (χ0) is 65.3. The smallest absolute Gasteiger partial charge is 0.313 e. The van der Waals surface area contributed by atoms with Crippen molar-refractivity contribution in [3.8, 4) is 16.9 Å². The van der Waals surface area contributed by atoms with E-state index in [1.807, 2.05) is 49.1 Å². The van der Waals surface area contributed by atoms with Gasteiger partial charge in [0.25, 0.3) is 0 Å². The van der Waals surface area contributed by atoms with Crippen LogP contribution >= 0.6 is 0 Å². The summed E-state index contributed by atoms with van der Waals surface area (Å²) in [5, 5.41) is 6.64. The Morgan fingerprint density at radius 3 is 1.66 bits per heavy atom. The number of esters is 1. The molecule has 2 heterocycles. The van der Waals surface area contributed by atoms with Crippen LogP contribution in [0.4, 0.5) is 23.2 Å². The van der Waals surface area contributed by atoms with Gasteiger partial charge in [-0.15, -0.1) is 0 Å². The summed E-state index contributed by atoms with van der Waals surface area (Å²) in [6.07, 6.45) is 3.41. The summed E-state index contributed by atoms with van der Waals surface area (Å²) in [6, 6.07) is 12.6. The standard InChI is InChI=1S/C62H91F4N7O17S/c1-4-14-72(15-5-2)61(75)51-39-50-10-9-49(41-55(50)71-56(67)42-51)48-7-6-8-52(40-48)91(76,77)73-45-47(46-73)44-70-62(68-12-17-80-20-19-78-3)69-13-18-81-22-24-83-26-28-85-30-32-87-34-36-89-38-37-88-35-33-86-31-29-84-27-25-82-23-21-79-16-11-57(74)90-60-58(65)53(63)43-54(64)59(60)66/h6-10,39-41,43,47H,4-5,11-38,42,44-46H2,1-3H3,(H2,67,71)(H2,68,69,70). The number of benzene rings is 3. The maximum absolute atomic E-state index is 13.9. The van der Waals surface area contributed by atoms with E-state index in [4.69, 9.17) is 62.6 Å². The average molecular weight is 1310 g/mol. The summed E-state index contributed by atoms with van der Waals surface area (Å²) in [6.45, 7) is 15.5. The van der Waals surface area contributed by atoms with Gasteiger partial charge in [0.1, 0.15) is 5.84 Å². The van der Waals surface area contributed by atoms with Crippen LogP contribution in [0.2, 0.25) is 0 Å². The zero-order valence-corrected chi connectivity index (χ0v) is 53.4. The van der Waals surface area contributed by atoms with Crippen LogP contribution in [0.1, 0.15) is 45.1 Å². The van der Waals surface area contributed by atoms with Gasteiger partial charge >= 0.3 is 5.97 Å². The van der Waals surface area contributed by atoms with Crippen LogP contribution in [0, 0.1) is 29.2 Å². The molecule has 3 aromatic carbocycles. The number of fused-ring (bicyclic) bond motifs is 1. The number of sulfonamides is 1. The minimum Gasteiger partial charge on any atom is -0.420 e. The van der Waals surface area contributed by atoms with Crippen LogP contribution in [0.15, 0.2) is 69.0 Å². The molecule has 3 aromatic rings. The molecule has 1 amide bonds. The number of methoxy groups -OCH3 is 1. The average Bonchev–Trinajstić information content (AvgIpc) is 1.30. The second kappa shape index (κ2) is 44.7. The first-order valence-electron chi connectivity index (χ1n) is 30.7. The van der Waals surface area contributed by atoms with Crippen molar-refractivity contribution >= 4 is 45.5 Å². The van der Waals surface area contributed by atoms with Gasteiger partial charge in [-0.25, -0.2) is 22.2 Å². The van der Waals surface area contributed by atoms with Crippen molar-refractivity contribution in [1.82, 2.24) is 19.8 Å². The van der Waals surface area contributed by atoms with Crippen molar-refractivity contribution in [2.45, 2.75) is 44.4 Å². The highest BCUT2D eigenvalue weighted by Crippen LogP contribution is 2.34. The van der Waals surface area contributed by atoms with Gasteiger partial charge in [0.15, 0.2) is 17.6 Å². The quantitative estimate of drug-likeness (QED) is 0.0123. The first-order valence-corrected chi connectivity index (χ1v) is 32.2. The Balaban J connectivity index is 0.817. The number of guanidine groups is 1. The molecule has 29 heteroatoms. The van der Waals surface area contributed by atoms with Crippen LogP contribution < -0.4 is 21.1 Å². The molecule has 0 atom stereocenters. The third-order valence-electron chi connectivity index (χ3n) is 13.4. The van der Waals surface area contributed by atoms with Crippen LogP contribution in [-0.4, -0.2) is 246 Å². The molecule has 4 N–H and O–H groups in total. The number of amides is 1. The van der Waals surface area contributed by atoms with Gasteiger partial charge in [0, 0.05) is 75.9 Å². The number of aliphatic imine (C=N–C) groups is 2. The van der Waals surface area contributed by atoms with Crippen LogP contribution in [0.5, 0.6) is 5.75 Å². The van der Waals surface area contributed by atoms with E-state index in [2.05, 4.69) is 25.4 Å². The van der Waals surface area contributed by atoms with Crippen molar-refractivity contribution in [2.24, 2.45) is 21.6 Å². The van der Waals surface area contributed by atoms with Gasteiger partial charge in [0.2, 0.25) is 33.3 Å². The molecule has 1 fully saturated rings.